The van der Waals surface area contributed by atoms with Gasteiger partial charge in [-0.15, -0.1) is 23.1 Å². The fraction of sp³-hybridized carbons (Fsp3) is 0.200. The number of benzene rings is 1. The molecule has 1 heterocycles. The van der Waals surface area contributed by atoms with Crippen molar-refractivity contribution in [2.75, 3.05) is 5.75 Å². The normalized spacial score (nSPS) is 10.4. The van der Waals surface area contributed by atoms with Crippen LogP contribution in [0.4, 0.5) is 4.39 Å². The third-order valence-electron chi connectivity index (χ3n) is 2.74. The first-order chi connectivity index (χ1) is 10.1. The molecule has 0 unspecified atom stereocenters. The summed E-state index contributed by atoms with van der Waals surface area (Å²) in [6, 6.07) is 8.17. The molecule has 0 aliphatic carbocycles. The highest BCUT2D eigenvalue weighted by Gasteiger charge is 2.09. The Morgan fingerprint density at radius 1 is 1.33 bits per heavy atom. The number of Topliss-reactive ketones (excluding diaryl/α,β-unsaturated/α-hetero) is 1. The zero-order valence-electron chi connectivity index (χ0n) is 11.4. The molecular formula is C15H14FNO2S2. The van der Waals surface area contributed by atoms with Crippen LogP contribution < -0.4 is 5.32 Å². The van der Waals surface area contributed by atoms with Crippen LogP contribution in [0.25, 0.3) is 0 Å². The number of thioether (sulfide) groups is 1. The second kappa shape index (κ2) is 7.38. The van der Waals surface area contributed by atoms with E-state index in [9.17, 15) is 14.0 Å². The summed E-state index contributed by atoms with van der Waals surface area (Å²) in [4.78, 5) is 24.3. The number of amides is 1. The van der Waals surface area contributed by atoms with Crippen molar-refractivity contribution in [1.29, 1.82) is 0 Å². The summed E-state index contributed by atoms with van der Waals surface area (Å²) in [6.07, 6.45) is 0. The highest BCUT2D eigenvalue weighted by Crippen LogP contribution is 2.22. The van der Waals surface area contributed by atoms with E-state index in [0.29, 0.717) is 17.0 Å². The van der Waals surface area contributed by atoms with Crippen LogP contribution in [-0.4, -0.2) is 17.4 Å². The van der Waals surface area contributed by atoms with Crippen LogP contribution in [0.1, 0.15) is 22.2 Å². The third-order valence-corrected chi connectivity index (χ3v) is 4.66. The van der Waals surface area contributed by atoms with Crippen LogP contribution in [0.15, 0.2) is 40.6 Å². The molecule has 0 radical (unpaired) electrons. The van der Waals surface area contributed by atoms with Gasteiger partial charge in [0.15, 0.2) is 5.78 Å². The number of rotatable bonds is 6. The average molecular weight is 323 g/mol. The van der Waals surface area contributed by atoms with Gasteiger partial charge < -0.3 is 5.32 Å². The van der Waals surface area contributed by atoms with Crippen molar-refractivity contribution in [2.24, 2.45) is 0 Å². The molecule has 110 valence electrons. The van der Waals surface area contributed by atoms with E-state index in [1.807, 2.05) is 17.5 Å². The average Bonchev–Trinajstić information content (AvgIpc) is 2.97. The minimum absolute atomic E-state index is 0.141. The van der Waals surface area contributed by atoms with Crippen LogP contribution in [-0.2, 0) is 11.3 Å². The second-order valence-corrected chi connectivity index (χ2v) is 6.40. The number of halogens is 1. The number of carbonyl (C=O) groups excluding carboxylic acids is 2. The number of carbonyl (C=O) groups is 2. The Hall–Kier alpha value is -1.66. The Kier molecular flexibility index (Phi) is 5.52. The summed E-state index contributed by atoms with van der Waals surface area (Å²) >= 11 is 2.69. The zero-order valence-corrected chi connectivity index (χ0v) is 13.0. The lowest BCUT2D eigenvalue weighted by atomic mass is 10.1. The highest BCUT2D eigenvalue weighted by molar-refractivity contribution is 8.00. The van der Waals surface area contributed by atoms with Gasteiger partial charge in [-0.3, -0.25) is 9.59 Å². The van der Waals surface area contributed by atoms with Gasteiger partial charge in [-0.1, -0.05) is 12.1 Å². The van der Waals surface area contributed by atoms with Crippen LogP contribution >= 0.6 is 23.1 Å². The van der Waals surface area contributed by atoms with E-state index >= 15 is 0 Å². The molecule has 6 heteroatoms. The second-order valence-electron chi connectivity index (χ2n) is 4.35. The zero-order chi connectivity index (χ0) is 15.2. The van der Waals surface area contributed by atoms with Gasteiger partial charge in [0.2, 0.25) is 5.91 Å². The van der Waals surface area contributed by atoms with Gasteiger partial charge in [0, 0.05) is 15.3 Å². The molecule has 1 N–H and O–H groups in total. The van der Waals surface area contributed by atoms with E-state index in [2.05, 4.69) is 5.32 Å². The number of hydrogen-bond acceptors (Lipinski definition) is 4. The number of thiophene rings is 1. The van der Waals surface area contributed by atoms with Crippen molar-refractivity contribution < 1.29 is 14.0 Å². The van der Waals surface area contributed by atoms with Crippen LogP contribution in [0.2, 0.25) is 0 Å². The van der Waals surface area contributed by atoms with Crippen LogP contribution in [0.3, 0.4) is 0 Å². The minimum atomic E-state index is -0.473. The Bertz CT molecular complexity index is 641. The molecule has 0 fully saturated rings. The summed E-state index contributed by atoms with van der Waals surface area (Å²) in [5, 5.41) is 4.73. The first-order valence-corrected chi connectivity index (χ1v) is 8.15. The Morgan fingerprint density at radius 3 is 2.76 bits per heavy atom. The van der Waals surface area contributed by atoms with Gasteiger partial charge in [0.25, 0.3) is 0 Å². The molecule has 1 amide bonds. The summed E-state index contributed by atoms with van der Waals surface area (Å²) in [7, 11) is 0. The van der Waals surface area contributed by atoms with Gasteiger partial charge in [0.05, 0.1) is 12.3 Å². The topological polar surface area (TPSA) is 46.2 Å². The van der Waals surface area contributed by atoms with Gasteiger partial charge in [-0.2, -0.15) is 0 Å². The molecule has 2 aromatic rings. The minimum Gasteiger partial charge on any atom is -0.350 e. The van der Waals surface area contributed by atoms with Crippen molar-refractivity contribution in [2.45, 2.75) is 18.4 Å². The molecule has 1 aromatic heterocycles. The summed E-state index contributed by atoms with van der Waals surface area (Å²) in [5.74, 6) is -0.664. The Labute approximate surface area is 130 Å². The molecule has 21 heavy (non-hydrogen) atoms. The quantitative estimate of drug-likeness (QED) is 0.654. The van der Waals surface area contributed by atoms with E-state index in [1.54, 1.807) is 17.4 Å². The Morgan fingerprint density at radius 2 is 2.14 bits per heavy atom. The molecule has 0 bridgehead atoms. The molecule has 0 atom stereocenters. The maximum Gasteiger partial charge on any atom is 0.230 e. The fourth-order valence-electron chi connectivity index (χ4n) is 1.63. The molecule has 0 aliphatic heterocycles. The van der Waals surface area contributed by atoms with Crippen molar-refractivity contribution in [3.8, 4) is 0 Å². The summed E-state index contributed by atoms with van der Waals surface area (Å²) in [5.41, 5.74) is 0.332. The lowest BCUT2D eigenvalue weighted by Crippen LogP contribution is -2.24. The molecule has 0 aliphatic rings. The molecule has 0 saturated carbocycles. The molecule has 1 aromatic carbocycles. The highest BCUT2D eigenvalue weighted by atomic mass is 32.2. The summed E-state index contributed by atoms with van der Waals surface area (Å²) < 4.78 is 13.8. The standard InChI is InChI=1S/C15H14FNO2S2/c1-10(18)11-4-5-14(13(16)7-11)21-9-15(19)17-8-12-3-2-6-20-12/h2-7H,8-9H2,1H3,(H,17,19). The first-order valence-electron chi connectivity index (χ1n) is 6.28. The lowest BCUT2D eigenvalue weighted by molar-refractivity contribution is -0.118. The predicted octanol–water partition coefficient (Wildman–Crippen LogP) is 3.50. The monoisotopic (exact) mass is 323 g/mol. The Balaban J connectivity index is 1.85. The van der Waals surface area contributed by atoms with E-state index in [0.717, 1.165) is 16.6 Å². The lowest BCUT2D eigenvalue weighted by Gasteiger charge is -2.05. The smallest absolute Gasteiger partial charge is 0.230 e. The van der Waals surface area contributed by atoms with Crippen molar-refractivity contribution in [3.63, 3.8) is 0 Å². The van der Waals surface area contributed by atoms with E-state index in [-0.39, 0.29) is 17.4 Å². The SMILES string of the molecule is CC(=O)c1ccc(SCC(=O)NCc2cccs2)c(F)c1. The van der Waals surface area contributed by atoms with Crippen molar-refractivity contribution >= 4 is 34.8 Å². The predicted molar refractivity (Wildman–Crippen MR) is 83.3 cm³/mol. The molecule has 0 spiro atoms. The number of nitrogens with one attached hydrogen (secondary N) is 1. The van der Waals surface area contributed by atoms with E-state index in [1.165, 1.54) is 19.1 Å². The van der Waals surface area contributed by atoms with Gasteiger partial charge >= 0.3 is 0 Å². The maximum absolute atomic E-state index is 13.8. The van der Waals surface area contributed by atoms with Crippen LogP contribution in [0.5, 0.6) is 0 Å². The van der Waals surface area contributed by atoms with Gasteiger partial charge in [-0.05, 0) is 30.5 Å². The maximum atomic E-state index is 13.8. The van der Waals surface area contributed by atoms with Gasteiger partial charge in [0.1, 0.15) is 5.82 Å². The summed E-state index contributed by atoms with van der Waals surface area (Å²) in [6.45, 7) is 1.88. The number of hydrogen-bond donors (Lipinski definition) is 1. The first kappa shape index (κ1) is 15.7. The van der Waals surface area contributed by atoms with Gasteiger partial charge in [-0.25, -0.2) is 4.39 Å². The van der Waals surface area contributed by atoms with E-state index in [4.69, 9.17) is 0 Å². The van der Waals surface area contributed by atoms with Crippen LogP contribution in [0, 0.1) is 5.82 Å². The van der Waals surface area contributed by atoms with E-state index < -0.39 is 5.82 Å². The van der Waals surface area contributed by atoms with Crippen molar-refractivity contribution in [3.05, 3.63) is 52.0 Å². The van der Waals surface area contributed by atoms with Crippen molar-refractivity contribution in [1.82, 2.24) is 5.32 Å². The molecule has 3 nitrogen and oxygen atoms in total. The largest absolute Gasteiger partial charge is 0.350 e. The number of ketones is 1. The third kappa shape index (κ3) is 4.68. The molecule has 0 saturated heterocycles. The molecular weight excluding hydrogens is 309 g/mol. The fourth-order valence-corrected chi connectivity index (χ4v) is 3.02. The molecule has 2 rings (SSSR count).